The van der Waals surface area contributed by atoms with E-state index in [0.717, 1.165) is 28.4 Å². The number of hydrogen-bond donors (Lipinski definition) is 0. The van der Waals surface area contributed by atoms with Crippen molar-refractivity contribution in [2.24, 2.45) is 4.99 Å². The summed E-state index contributed by atoms with van der Waals surface area (Å²) in [5, 5.41) is 0.749. The predicted molar refractivity (Wildman–Crippen MR) is 103 cm³/mol. The van der Waals surface area contributed by atoms with Gasteiger partial charge >= 0.3 is 0 Å². The summed E-state index contributed by atoms with van der Waals surface area (Å²) in [7, 11) is 0. The van der Waals surface area contributed by atoms with Gasteiger partial charge in [0, 0.05) is 33.9 Å². The lowest BCUT2D eigenvalue weighted by atomic mass is 10.1. The third kappa shape index (κ3) is 3.44. The highest BCUT2D eigenvalue weighted by atomic mass is 35.5. The number of hydrogen-bond acceptors (Lipinski definition) is 1. The Balaban J connectivity index is 1.90. The molecule has 3 heteroatoms. The molecule has 0 saturated carbocycles. The number of aromatic nitrogens is 1. The molecular weight excluding hydrogens is 316 g/mol. The maximum absolute atomic E-state index is 5.99. The first-order chi connectivity index (χ1) is 11.6. The molecule has 122 valence electrons. The molecule has 3 rings (SSSR count). The molecule has 0 fully saturated rings. The Labute approximate surface area is 148 Å². The molecule has 0 aliphatic rings. The molecule has 0 aliphatic heterocycles. The van der Waals surface area contributed by atoms with E-state index in [1.165, 1.54) is 17.0 Å². The molecule has 0 N–H and O–H groups in total. The van der Waals surface area contributed by atoms with Crippen LogP contribution < -0.4 is 0 Å². The van der Waals surface area contributed by atoms with Crippen molar-refractivity contribution in [3.63, 3.8) is 0 Å². The van der Waals surface area contributed by atoms with Gasteiger partial charge in [-0.05, 0) is 68.3 Å². The van der Waals surface area contributed by atoms with Crippen LogP contribution in [0.4, 0.5) is 5.69 Å². The van der Waals surface area contributed by atoms with Gasteiger partial charge in [0.25, 0.3) is 0 Å². The second-order valence-electron chi connectivity index (χ2n) is 5.92. The number of aliphatic imine (C=N–C) groups is 1. The highest BCUT2D eigenvalue weighted by Gasteiger charge is 2.09. The van der Waals surface area contributed by atoms with Crippen LogP contribution in [0.25, 0.3) is 5.69 Å². The lowest BCUT2D eigenvalue weighted by Crippen LogP contribution is -1.99. The van der Waals surface area contributed by atoms with Crippen molar-refractivity contribution in [3.8, 4) is 5.69 Å². The molecular formula is C21H21ClN2. The highest BCUT2D eigenvalue weighted by Crippen LogP contribution is 2.22. The van der Waals surface area contributed by atoms with Gasteiger partial charge in [0.1, 0.15) is 0 Å². The Bertz CT molecular complexity index is 856. The molecule has 24 heavy (non-hydrogen) atoms. The van der Waals surface area contributed by atoms with Crippen molar-refractivity contribution in [1.82, 2.24) is 4.57 Å². The van der Waals surface area contributed by atoms with Gasteiger partial charge in [-0.3, -0.25) is 4.99 Å². The Morgan fingerprint density at radius 2 is 1.67 bits per heavy atom. The predicted octanol–water partition coefficient (Wildman–Crippen LogP) is 6.06. The molecule has 0 unspecified atom stereocenters. The summed E-state index contributed by atoms with van der Waals surface area (Å²) in [5.74, 6) is 0. The smallest absolute Gasteiger partial charge is 0.0630 e. The summed E-state index contributed by atoms with van der Waals surface area (Å²) in [6.45, 7) is 6.38. The lowest BCUT2D eigenvalue weighted by Gasteiger charge is -2.09. The first-order valence-electron chi connectivity index (χ1n) is 8.16. The molecule has 0 radical (unpaired) electrons. The van der Waals surface area contributed by atoms with Crippen molar-refractivity contribution in [1.29, 1.82) is 0 Å². The summed E-state index contributed by atoms with van der Waals surface area (Å²) in [5.41, 5.74) is 6.89. The van der Waals surface area contributed by atoms with Crippen LogP contribution >= 0.6 is 11.6 Å². The Morgan fingerprint density at radius 3 is 2.29 bits per heavy atom. The molecule has 0 saturated heterocycles. The average molecular weight is 337 g/mol. The fraction of sp³-hybridized carbons (Fsp3) is 0.190. The first-order valence-corrected chi connectivity index (χ1v) is 8.54. The summed E-state index contributed by atoms with van der Waals surface area (Å²) in [6.07, 6.45) is 2.99. The second kappa shape index (κ2) is 7.06. The van der Waals surface area contributed by atoms with Gasteiger partial charge in [-0.15, -0.1) is 0 Å². The van der Waals surface area contributed by atoms with Gasteiger partial charge in [-0.25, -0.2) is 0 Å². The SMILES string of the molecule is CCc1ccc(N=Cc2cc(C)n(-c3ccc(Cl)cc3)c2C)cc1. The minimum Gasteiger partial charge on any atom is -0.318 e. The Morgan fingerprint density at radius 1 is 1.00 bits per heavy atom. The van der Waals surface area contributed by atoms with Crippen LogP contribution in [0.15, 0.2) is 59.6 Å². The molecule has 0 atom stereocenters. The second-order valence-corrected chi connectivity index (χ2v) is 6.35. The largest absolute Gasteiger partial charge is 0.318 e. The van der Waals surface area contributed by atoms with Gasteiger partial charge in [-0.2, -0.15) is 0 Å². The van der Waals surface area contributed by atoms with Gasteiger partial charge in [0.15, 0.2) is 0 Å². The van der Waals surface area contributed by atoms with Gasteiger partial charge in [0.05, 0.1) is 5.69 Å². The molecule has 0 spiro atoms. The van der Waals surface area contributed by atoms with E-state index in [4.69, 9.17) is 11.6 Å². The molecule has 0 bridgehead atoms. The topological polar surface area (TPSA) is 17.3 Å². The summed E-state index contributed by atoms with van der Waals surface area (Å²) in [6, 6.07) is 18.4. The fourth-order valence-electron chi connectivity index (χ4n) is 2.87. The lowest BCUT2D eigenvalue weighted by molar-refractivity contribution is 0.965. The quantitative estimate of drug-likeness (QED) is 0.515. The van der Waals surface area contributed by atoms with Crippen molar-refractivity contribution >= 4 is 23.5 Å². The summed E-state index contributed by atoms with van der Waals surface area (Å²) in [4.78, 5) is 4.62. The van der Waals surface area contributed by atoms with Crippen molar-refractivity contribution < 1.29 is 0 Å². The van der Waals surface area contributed by atoms with E-state index < -0.39 is 0 Å². The van der Waals surface area contributed by atoms with Crippen LogP contribution in [0.1, 0.15) is 29.4 Å². The van der Waals surface area contributed by atoms with E-state index in [1.54, 1.807) is 0 Å². The van der Waals surface area contributed by atoms with Crippen LogP contribution in [-0.4, -0.2) is 10.8 Å². The number of benzene rings is 2. The Hall–Kier alpha value is -2.32. The first kappa shape index (κ1) is 16.5. The molecule has 2 aromatic carbocycles. The zero-order valence-corrected chi connectivity index (χ0v) is 15.0. The fourth-order valence-corrected chi connectivity index (χ4v) is 2.99. The van der Waals surface area contributed by atoms with E-state index in [2.05, 4.69) is 60.7 Å². The highest BCUT2D eigenvalue weighted by molar-refractivity contribution is 6.30. The van der Waals surface area contributed by atoms with E-state index in [-0.39, 0.29) is 0 Å². The molecule has 1 heterocycles. The van der Waals surface area contributed by atoms with Gasteiger partial charge < -0.3 is 4.57 Å². The summed E-state index contributed by atoms with van der Waals surface area (Å²) >= 11 is 5.99. The third-order valence-electron chi connectivity index (χ3n) is 4.25. The normalized spacial score (nSPS) is 11.3. The van der Waals surface area contributed by atoms with Crippen molar-refractivity contribution in [3.05, 3.63) is 82.1 Å². The maximum Gasteiger partial charge on any atom is 0.0630 e. The van der Waals surface area contributed by atoms with Crippen LogP contribution in [0.3, 0.4) is 0 Å². The monoisotopic (exact) mass is 336 g/mol. The van der Waals surface area contributed by atoms with E-state index in [1.807, 2.05) is 30.5 Å². The van der Waals surface area contributed by atoms with Crippen LogP contribution in [0.2, 0.25) is 5.02 Å². The van der Waals surface area contributed by atoms with Crippen LogP contribution in [0, 0.1) is 13.8 Å². The van der Waals surface area contributed by atoms with E-state index in [0.29, 0.717) is 0 Å². The minimum absolute atomic E-state index is 0.749. The average Bonchev–Trinajstić information content (AvgIpc) is 2.88. The third-order valence-corrected chi connectivity index (χ3v) is 4.50. The number of aryl methyl sites for hydroxylation is 2. The van der Waals surface area contributed by atoms with E-state index in [9.17, 15) is 0 Å². The van der Waals surface area contributed by atoms with Crippen LogP contribution in [0.5, 0.6) is 0 Å². The summed E-state index contributed by atoms with van der Waals surface area (Å²) < 4.78 is 2.22. The number of halogens is 1. The van der Waals surface area contributed by atoms with Crippen molar-refractivity contribution in [2.45, 2.75) is 27.2 Å². The number of nitrogens with zero attached hydrogens (tertiary/aromatic N) is 2. The molecule has 2 nitrogen and oxygen atoms in total. The van der Waals surface area contributed by atoms with Gasteiger partial charge in [-0.1, -0.05) is 30.7 Å². The molecule has 0 amide bonds. The standard InChI is InChI=1S/C21H21ClN2/c1-4-17-5-9-20(10-6-17)23-14-18-13-15(2)24(16(18)3)21-11-7-19(22)8-12-21/h5-14H,4H2,1-3H3. The Kier molecular flexibility index (Phi) is 4.86. The van der Waals surface area contributed by atoms with Gasteiger partial charge in [0.2, 0.25) is 0 Å². The maximum atomic E-state index is 5.99. The zero-order chi connectivity index (χ0) is 17.1. The molecule has 1 aromatic heterocycles. The number of rotatable bonds is 4. The zero-order valence-electron chi connectivity index (χ0n) is 14.3. The van der Waals surface area contributed by atoms with E-state index >= 15 is 0 Å². The van der Waals surface area contributed by atoms with Crippen molar-refractivity contribution in [2.75, 3.05) is 0 Å². The van der Waals surface area contributed by atoms with Crippen LogP contribution in [-0.2, 0) is 6.42 Å². The molecule has 3 aromatic rings. The molecule has 0 aliphatic carbocycles. The minimum atomic E-state index is 0.749.